The average Bonchev–Trinajstić information content (AvgIpc) is 1.91. The average molecular weight is 1230 g/mol. The highest BCUT2D eigenvalue weighted by Gasteiger charge is 2.71. The molecule has 16 N–H and O–H groups in total. The van der Waals surface area contributed by atoms with Crippen LogP contribution < -0.4 is 0 Å². The third-order valence-electron chi connectivity index (χ3n) is 22.0. The molecular formula is C57H92O28. The van der Waals surface area contributed by atoms with Gasteiger partial charge in [0.2, 0.25) is 0 Å². The van der Waals surface area contributed by atoms with Crippen molar-refractivity contribution in [1.29, 1.82) is 0 Å². The lowest BCUT2D eigenvalue weighted by atomic mass is 9.47. The molecule has 488 valence electrons. The van der Waals surface area contributed by atoms with Crippen molar-refractivity contribution in [2.75, 3.05) is 33.0 Å². The van der Waals surface area contributed by atoms with Gasteiger partial charge in [0.05, 0.1) is 56.9 Å². The summed E-state index contributed by atoms with van der Waals surface area (Å²) >= 11 is 0. The summed E-state index contributed by atoms with van der Waals surface area (Å²) in [6, 6.07) is 0. The molecule has 3 saturated carbocycles. The van der Waals surface area contributed by atoms with Crippen molar-refractivity contribution in [2.45, 2.75) is 270 Å². The molecule has 36 atom stereocenters. The Balaban J connectivity index is 0.784. The Morgan fingerprint density at radius 2 is 1.06 bits per heavy atom. The van der Waals surface area contributed by atoms with E-state index in [1.807, 2.05) is 6.92 Å². The molecule has 0 aromatic rings. The van der Waals surface area contributed by atoms with E-state index < -0.39 is 197 Å². The summed E-state index contributed by atoms with van der Waals surface area (Å²) in [7, 11) is 0. The Morgan fingerprint density at radius 1 is 0.506 bits per heavy atom. The minimum absolute atomic E-state index is 0.0159. The highest BCUT2D eigenvalue weighted by atomic mass is 16.8. The van der Waals surface area contributed by atoms with E-state index in [4.69, 9.17) is 56.8 Å². The van der Waals surface area contributed by atoms with Gasteiger partial charge in [-0.1, -0.05) is 32.4 Å². The molecule has 7 heterocycles. The molecule has 0 aromatic heterocycles. The fraction of sp³-hybridized carbons (Fsp3) is 0.965. The summed E-state index contributed by atoms with van der Waals surface area (Å²) in [5.74, 6) is 0.444. The molecule has 0 aromatic carbocycles. The molecule has 7 aliphatic heterocycles. The van der Waals surface area contributed by atoms with Gasteiger partial charge in [-0.05, 0) is 99.7 Å². The van der Waals surface area contributed by atoms with Crippen LogP contribution in [0.2, 0.25) is 0 Å². The first-order chi connectivity index (χ1) is 40.2. The van der Waals surface area contributed by atoms with Crippen LogP contribution in [0.15, 0.2) is 11.6 Å². The van der Waals surface area contributed by atoms with E-state index in [0.717, 1.165) is 25.7 Å². The van der Waals surface area contributed by atoms with E-state index in [1.165, 1.54) is 12.5 Å². The lowest BCUT2D eigenvalue weighted by molar-refractivity contribution is -0.398. The van der Waals surface area contributed by atoms with Crippen molar-refractivity contribution >= 4 is 0 Å². The first kappa shape index (κ1) is 65.1. The van der Waals surface area contributed by atoms with Gasteiger partial charge in [-0.2, -0.15) is 0 Å². The van der Waals surface area contributed by atoms with E-state index in [-0.39, 0.29) is 35.4 Å². The van der Waals surface area contributed by atoms with Crippen LogP contribution in [0.1, 0.15) is 92.4 Å². The van der Waals surface area contributed by atoms with Crippen LogP contribution in [-0.4, -0.2) is 292 Å². The molecule has 1 spiro atoms. The predicted molar refractivity (Wildman–Crippen MR) is 281 cm³/mol. The Bertz CT molecular complexity index is 2310. The van der Waals surface area contributed by atoms with Crippen LogP contribution in [0.3, 0.4) is 0 Å². The lowest BCUT2D eigenvalue weighted by Crippen LogP contribution is -2.68. The quantitative estimate of drug-likeness (QED) is 0.0683. The monoisotopic (exact) mass is 1220 g/mol. The molecule has 0 amide bonds. The van der Waals surface area contributed by atoms with E-state index in [0.29, 0.717) is 49.9 Å². The van der Waals surface area contributed by atoms with Crippen LogP contribution in [0.5, 0.6) is 0 Å². The smallest absolute Gasteiger partial charge is 0.187 e. The van der Waals surface area contributed by atoms with Crippen LogP contribution in [-0.2, 0) is 56.8 Å². The van der Waals surface area contributed by atoms with Crippen molar-refractivity contribution in [3.63, 3.8) is 0 Å². The van der Waals surface area contributed by atoms with Gasteiger partial charge in [-0.3, -0.25) is 0 Å². The summed E-state index contributed by atoms with van der Waals surface area (Å²) in [6.45, 7) is 7.29. The minimum Gasteiger partial charge on any atom is -0.394 e. The van der Waals surface area contributed by atoms with Gasteiger partial charge in [-0.25, -0.2) is 0 Å². The SMILES string of the molecule is C[C@@H]1O[C@@H](O[C@H]2[C@H](O)[C@@H](O[C@@H]3O[C@H](CO)[C@@H](O)[C@H](O[C@@H]4O[C@H](CO)[C@@H](O)[C@H](O)[C@H]4O)[C@H]3O)[C@H](O[C@H]3CC[C@@]4(C)C(=CC[C@H]5[C@@H]6C[C@@H]7O[C@]8(CC[C@@](C)(CO[C@@H]9O[C@H](CO)[C@@H](O)[C@H](O)[C@H]9O)O8)[C@@H](C)[C@@H]7[C@@]6(C)CC[C@@H]54)C3)O[C@@H]2CO)[C@H](O)[C@H](O)[C@H]1O. The van der Waals surface area contributed by atoms with Crippen molar-refractivity contribution < 1.29 is 139 Å². The molecule has 28 heteroatoms. The molecular weight excluding hydrogens is 1130 g/mol. The molecule has 28 nitrogen and oxygen atoms in total. The Morgan fingerprint density at radius 3 is 1.71 bits per heavy atom. The van der Waals surface area contributed by atoms with Crippen LogP contribution in [0, 0.1) is 40.4 Å². The number of aliphatic hydroxyl groups excluding tert-OH is 16. The molecule has 7 saturated heterocycles. The molecule has 0 unspecified atom stereocenters. The second kappa shape index (κ2) is 24.9. The van der Waals surface area contributed by atoms with E-state index in [2.05, 4.69) is 26.8 Å². The first-order valence-electron chi connectivity index (χ1n) is 30.4. The maximum Gasteiger partial charge on any atom is 0.187 e. The molecule has 11 rings (SSSR count). The third-order valence-corrected chi connectivity index (χ3v) is 22.0. The van der Waals surface area contributed by atoms with Crippen LogP contribution in [0.25, 0.3) is 0 Å². The first-order valence-corrected chi connectivity index (χ1v) is 30.4. The van der Waals surface area contributed by atoms with Crippen LogP contribution >= 0.6 is 0 Å². The molecule has 10 fully saturated rings. The molecule has 4 aliphatic carbocycles. The van der Waals surface area contributed by atoms with Crippen molar-refractivity contribution in [3.8, 4) is 0 Å². The molecule has 85 heavy (non-hydrogen) atoms. The molecule has 11 aliphatic rings. The van der Waals surface area contributed by atoms with Crippen LogP contribution in [0.4, 0.5) is 0 Å². The van der Waals surface area contributed by atoms with E-state index in [1.54, 1.807) is 0 Å². The van der Waals surface area contributed by atoms with Gasteiger partial charge >= 0.3 is 0 Å². The second-order valence-electron chi connectivity index (χ2n) is 27.0. The number of hydrogen-bond donors (Lipinski definition) is 16. The fourth-order valence-corrected chi connectivity index (χ4v) is 17.1. The van der Waals surface area contributed by atoms with Gasteiger partial charge in [0.25, 0.3) is 0 Å². The minimum atomic E-state index is -2.04. The summed E-state index contributed by atoms with van der Waals surface area (Å²) in [5, 5.41) is 171. The van der Waals surface area contributed by atoms with Gasteiger partial charge in [-0.15, -0.1) is 0 Å². The summed E-state index contributed by atoms with van der Waals surface area (Å²) < 4.78 is 74.1. The van der Waals surface area contributed by atoms with Gasteiger partial charge in [0, 0.05) is 12.3 Å². The number of hydrogen-bond acceptors (Lipinski definition) is 28. The van der Waals surface area contributed by atoms with Gasteiger partial charge < -0.3 is 139 Å². The van der Waals surface area contributed by atoms with Crippen molar-refractivity contribution in [3.05, 3.63) is 11.6 Å². The zero-order valence-electron chi connectivity index (χ0n) is 48.5. The third kappa shape index (κ3) is 11.3. The van der Waals surface area contributed by atoms with Gasteiger partial charge in [0.15, 0.2) is 37.2 Å². The molecule has 0 radical (unpaired) electrons. The number of ether oxygens (including phenoxy) is 12. The highest BCUT2D eigenvalue weighted by Crippen LogP contribution is 2.71. The van der Waals surface area contributed by atoms with E-state index >= 15 is 0 Å². The summed E-state index contributed by atoms with van der Waals surface area (Å²) in [6.07, 6.45) is -32.8. The zero-order valence-corrected chi connectivity index (χ0v) is 48.5. The number of aliphatic hydroxyl groups is 16. The summed E-state index contributed by atoms with van der Waals surface area (Å²) in [5.41, 5.74) is 0.120. The normalized spacial score (nSPS) is 57.0. The maximum absolute atomic E-state index is 12.4. The topological polar surface area (TPSA) is 434 Å². The largest absolute Gasteiger partial charge is 0.394 e. The van der Waals surface area contributed by atoms with Crippen molar-refractivity contribution in [1.82, 2.24) is 0 Å². The number of fused-ring (bicyclic) bond motifs is 7. The highest BCUT2D eigenvalue weighted by molar-refractivity contribution is 5.27. The van der Waals surface area contributed by atoms with E-state index in [9.17, 15) is 81.7 Å². The lowest BCUT2D eigenvalue weighted by Gasteiger charge is -2.58. The van der Waals surface area contributed by atoms with Crippen molar-refractivity contribution in [2.24, 2.45) is 40.4 Å². The summed E-state index contributed by atoms with van der Waals surface area (Å²) in [4.78, 5) is 0. The Labute approximate surface area is 491 Å². The standard InChI is InChI=1S/C57H92O28/c1-21-33-28(84-57(21)13-12-54(3,85-57)20-74-49-41(69)39(67)35(63)29(16-58)77-49)15-27-25-7-6-23-14-24(8-10-55(23,4)26(25)9-11-56(27,33)5)76-53-48(44(72)46(32(19-61)80-53)81-50-42(70)38(66)34(62)22(2)75-50)83-52-45(73)47(37(65)31(18-60)79-52)82-51-43(71)40(68)36(64)30(17-59)78-51/h6,21-22,24-53,58-73H,7-20H2,1-5H3/t21-,22-,24-,25+,26-,27-,28-,29+,30+,31+,32+,33-,34-,35+,36+,37+,38+,39-,40-,41+,42+,43+,44-,45+,46+,47-,48+,49+,50-,51-,52-,53+,54-,55-,56-,57-/m0/s1. The number of allylic oxidation sites excluding steroid dienone is 1. The predicted octanol–water partition coefficient (Wildman–Crippen LogP) is -5.02. The Kier molecular flexibility index (Phi) is 19.1. The second-order valence-corrected chi connectivity index (χ2v) is 27.0. The maximum atomic E-state index is 12.4. The zero-order chi connectivity index (χ0) is 61.1. The Hall–Kier alpha value is -1.38. The fourth-order valence-electron chi connectivity index (χ4n) is 17.1. The number of rotatable bonds is 15. The molecule has 0 bridgehead atoms. The van der Waals surface area contributed by atoms with Gasteiger partial charge in [0.1, 0.15) is 116 Å².